The molecule has 2 aromatic rings. The molecule has 0 aliphatic rings. The van der Waals surface area contributed by atoms with Gasteiger partial charge in [0.05, 0.1) is 29.7 Å². The fraction of sp³-hybridized carbons (Fsp3) is 0.0714. The number of anilines is 3. The van der Waals surface area contributed by atoms with Crippen LogP contribution in [0, 0.1) is 0 Å². The number of hydrazine groups is 1. The number of ether oxygens (including phenoxy) is 1. The molecule has 0 radical (unpaired) electrons. The Bertz CT molecular complexity index is 646. The number of nitrogen functional groups attached to an aromatic ring is 1. The summed E-state index contributed by atoms with van der Waals surface area (Å²) in [6, 6.07) is 11.8. The van der Waals surface area contributed by atoms with Gasteiger partial charge < -0.3 is 10.5 Å². The Kier molecular flexibility index (Phi) is 4.12. The molecule has 6 heteroatoms. The van der Waals surface area contributed by atoms with Gasteiger partial charge in [0.15, 0.2) is 0 Å². The Morgan fingerprint density at radius 3 is 2.60 bits per heavy atom. The van der Waals surface area contributed by atoms with Gasteiger partial charge in [-0.25, -0.2) is 10.6 Å². The molecule has 0 amide bonds. The van der Waals surface area contributed by atoms with E-state index in [0.717, 1.165) is 0 Å². The molecule has 0 heterocycles. The van der Waals surface area contributed by atoms with Crippen LogP contribution >= 0.6 is 11.6 Å². The minimum Gasteiger partial charge on any atom is -0.465 e. The first-order chi connectivity index (χ1) is 9.52. The smallest absolute Gasteiger partial charge is 0.337 e. The van der Waals surface area contributed by atoms with Gasteiger partial charge in [0.1, 0.15) is 0 Å². The number of nitrogens with zero attached hydrogens (tertiary/aromatic N) is 1. The number of carbonyl (C=O) groups is 1. The average Bonchev–Trinajstić information content (AvgIpc) is 2.45. The highest BCUT2D eigenvalue weighted by Gasteiger charge is 2.12. The zero-order valence-electron chi connectivity index (χ0n) is 10.8. The summed E-state index contributed by atoms with van der Waals surface area (Å²) in [5.74, 6) is 5.57. The molecule has 104 valence electrons. The molecule has 0 bridgehead atoms. The lowest BCUT2D eigenvalue weighted by Gasteiger charge is -2.21. The van der Waals surface area contributed by atoms with Crippen LogP contribution in [0.4, 0.5) is 17.1 Å². The molecule has 5 nitrogen and oxygen atoms in total. The number of halogens is 1. The third-order valence-electron chi connectivity index (χ3n) is 2.79. The molecular formula is C14H14ClN3O2. The fourth-order valence-corrected chi connectivity index (χ4v) is 1.97. The third kappa shape index (κ3) is 2.84. The van der Waals surface area contributed by atoms with Crippen molar-refractivity contribution in [3.05, 3.63) is 53.1 Å². The van der Waals surface area contributed by atoms with Crippen LogP contribution in [0.2, 0.25) is 5.02 Å². The molecule has 4 N–H and O–H groups in total. The van der Waals surface area contributed by atoms with Gasteiger partial charge in [-0.05, 0) is 36.4 Å². The molecule has 0 aromatic heterocycles. The van der Waals surface area contributed by atoms with E-state index < -0.39 is 5.97 Å². The molecule has 0 spiro atoms. The zero-order chi connectivity index (χ0) is 14.7. The van der Waals surface area contributed by atoms with E-state index in [1.165, 1.54) is 18.2 Å². The van der Waals surface area contributed by atoms with E-state index in [1.807, 2.05) is 0 Å². The molecular weight excluding hydrogens is 278 g/mol. The summed E-state index contributed by atoms with van der Waals surface area (Å²) in [7, 11) is 1.31. The summed E-state index contributed by atoms with van der Waals surface area (Å²) in [6.45, 7) is 0. The maximum absolute atomic E-state index is 11.4. The highest BCUT2D eigenvalue weighted by Crippen LogP contribution is 2.29. The highest BCUT2D eigenvalue weighted by molar-refractivity contribution is 6.30. The second-order valence-electron chi connectivity index (χ2n) is 4.12. The number of methoxy groups -OCH3 is 1. The van der Waals surface area contributed by atoms with Crippen molar-refractivity contribution < 1.29 is 9.53 Å². The van der Waals surface area contributed by atoms with Crippen LogP contribution in [0.1, 0.15) is 10.4 Å². The molecule has 20 heavy (non-hydrogen) atoms. The van der Waals surface area contributed by atoms with Crippen molar-refractivity contribution in [1.82, 2.24) is 0 Å². The first-order valence-electron chi connectivity index (χ1n) is 5.81. The Morgan fingerprint density at radius 2 is 2.00 bits per heavy atom. The topological polar surface area (TPSA) is 81.6 Å². The predicted molar refractivity (Wildman–Crippen MR) is 80.0 cm³/mol. The second kappa shape index (κ2) is 5.81. The van der Waals surface area contributed by atoms with Gasteiger partial charge >= 0.3 is 5.97 Å². The number of nitrogens with two attached hydrogens (primary N) is 2. The largest absolute Gasteiger partial charge is 0.465 e. The summed E-state index contributed by atoms with van der Waals surface area (Å²) in [6.07, 6.45) is 0. The molecule has 0 unspecified atom stereocenters. The predicted octanol–water partition coefficient (Wildman–Crippen LogP) is 2.72. The molecule has 2 aromatic carbocycles. The van der Waals surface area contributed by atoms with E-state index in [2.05, 4.69) is 4.74 Å². The molecule has 0 aliphatic heterocycles. The fourth-order valence-electron chi connectivity index (χ4n) is 1.78. The van der Waals surface area contributed by atoms with Gasteiger partial charge in [0, 0.05) is 5.02 Å². The van der Waals surface area contributed by atoms with E-state index in [-0.39, 0.29) is 0 Å². The Morgan fingerprint density at radius 1 is 1.25 bits per heavy atom. The van der Waals surface area contributed by atoms with Crippen molar-refractivity contribution in [1.29, 1.82) is 0 Å². The maximum Gasteiger partial charge on any atom is 0.337 e. The van der Waals surface area contributed by atoms with E-state index in [1.54, 1.807) is 36.4 Å². The molecule has 0 saturated carbocycles. The lowest BCUT2D eigenvalue weighted by molar-refractivity contribution is 0.0601. The molecule has 0 atom stereocenters. The summed E-state index contributed by atoms with van der Waals surface area (Å²) >= 11 is 5.93. The van der Waals surface area contributed by atoms with Crippen LogP contribution < -0.4 is 16.6 Å². The minimum atomic E-state index is -0.449. The van der Waals surface area contributed by atoms with E-state index in [0.29, 0.717) is 27.6 Å². The summed E-state index contributed by atoms with van der Waals surface area (Å²) in [5, 5.41) is 1.98. The van der Waals surface area contributed by atoms with Gasteiger partial charge in [-0.3, -0.25) is 5.01 Å². The number of hydrogen-bond acceptors (Lipinski definition) is 5. The Hall–Kier alpha value is -2.24. The Labute approximate surface area is 121 Å². The average molecular weight is 292 g/mol. The summed E-state index contributed by atoms with van der Waals surface area (Å²) < 4.78 is 4.64. The molecule has 2 rings (SSSR count). The van der Waals surface area contributed by atoms with Crippen molar-refractivity contribution in [3.63, 3.8) is 0 Å². The van der Waals surface area contributed by atoms with Crippen molar-refractivity contribution in [2.75, 3.05) is 17.9 Å². The number of esters is 1. The van der Waals surface area contributed by atoms with Crippen molar-refractivity contribution in [2.24, 2.45) is 5.84 Å². The third-order valence-corrected chi connectivity index (χ3v) is 3.03. The quantitative estimate of drug-likeness (QED) is 0.393. The Balaban J connectivity index is 2.36. The first kappa shape index (κ1) is 14.2. The highest BCUT2D eigenvalue weighted by atomic mass is 35.5. The second-order valence-corrected chi connectivity index (χ2v) is 4.55. The lowest BCUT2D eigenvalue weighted by Crippen LogP contribution is -2.26. The van der Waals surface area contributed by atoms with Gasteiger partial charge in [-0.1, -0.05) is 17.7 Å². The summed E-state index contributed by atoms with van der Waals surface area (Å²) in [4.78, 5) is 11.4. The molecule has 0 aliphatic carbocycles. The minimum absolute atomic E-state index is 0.369. The lowest BCUT2D eigenvalue weighted by atomic mass is 10.1. The van der Waals surface area contributed by atoms with E-state index in [9.17, 15) is 4.79 Å². The zero-order valence-corrected chi connectivity index (χ0v) is 11.6. The summed E-state index contributed by atoms with van der Waals surface area (Å²) in [5.41, 5.74) is 7.93. The van der Waals surface area contributed by atoms with Gasteiger partial charge in [0.2, 0.25) is 0 Å². The number of hydrogen-bond donors (Lipinski definition) is 2. The number of benzene rings is 2. The first-order valence-corrected chi connectivity index (χ1v) is 6.19. The van der Waals surface area contributed by atoms with Crippen LogP contribution in [0.15, 0.2) is 42.5 Å². The number of carbonyl (C=O) groups excluding carboxylic acids is 1. The normalized spacial score (nSPS) is 10.2. The standard InChI is InChI=1S/C14H14ClN3O2/c1-20-14(19)9-5-6-13(12(16)7-9)18(17)11-4-2-3-10(15)8-11/h2-8H,16-17H2,1H3. The number of rotatable bonds is 3. The molecule has 0 fully saturated rings. The van der Waals surface area contributed by atoms with Gasteiger partial charge in [-0.15, -0.1) is 0 Å². The van der Waals surface area contributed by atoms with Crippen LogP contribution in [0.5, 0.6) is 0 Å². The SMILES string of the molecule is COC(=O)c1ccc(N(N)c2cccc(Cl)c2)c(N)c1. The van der Waals surface area contributed by atoms with Gasteiger partial charge in [0.25, 0.3) is 0 Å². The molecule has 0 saturated heterocycles. The van der Waals surface area contributed by atoms with Crippen molar-refractivity contribution in [3.8, 4) is 0 Å². The maximum atomic E-state index is 11.4. The van der Waals surface area contributed by atoms with E-state index >= 15 is 0 Å². The van der Waals surface area contributed by atoms with Crippen LogP contribution in [0.25, 0.3) is 0 Å². The van der Waals surface area contributed by atoms with Crippen LogP contribution in [-0.2, 0) is 4.74 Å². The van der Waals surface area contributed by atoms with Crippen molar-refractivity contribution in [2.45, 2.75) is 0 Å². The monoisotopic (exact) mass is 291 g/mol. The van der Waals surface area contributed by atoms with Gasteiger partial charge in [-0.2, -0.15) is 0 Å². The van der Waals surface area contributed by atoms with Crippen LogP contribution in [-0.4, -0.2) is 13.1 Å². The van der Waals surface area contributed by atoms with Crippen molar-refractivity contribution >= 4 is 34.6 Å². The van der Waals surface area contributed by atoms with Crippen LogP contribution in [0.3, 0.4) is 0 Å². The van der Waals surface area contributed by atoms with E-state index in [4.69, 9.17) is 23.2 Å².